The number of aliphatic hydroxyl groups excluding tert-OH is 4. The van der Waals surface area contributed by atoms with E-state index in [1.165, 1.54) is 0 Å². The molecule has 1 aliphatic heterocycles. The zero-order chi connectivity index (χ0) is 24.5. The average molecular weight is 564 g/mol. The van der Waals surface area contributed by atoms with Gasteiger partial charge in [0.25, 0.3) is 5.56 Å². The molecular formula is C15H22N5Na3O12P+3. The number of phosphoric ester groups is 1. The molecule has 0 bridgehead atoms. The molecule has 0 amide bonds. The second-order valence-electron chi connectivity index (χ2n) is 7.18. The normalized spacial score (nSPS) is 23.2. The molecule has 1 aliphatic rings. The van der Waals surface area contributed by atoms with Crippen LogP contribution in [0.4, 0.5) is 5.95 Å². The summed E-state index contributed by atoms with van der Waals surface area (Å²) in [5, 5.41) is 50.7. The maximum absolute atomic E-state index is 12.4. The van der Waals surface area contributed by atoms with Crippen LogP contribution in [0.1, 0.15) is 12.6 Å². The van der Waals surface area contributed by atoms with E-state index in [1.807, 2.05) is 0 Å². The molecular weight excluding hydrogens is 542 g/mol. The number of aliphatic hydroxyl groups is 4. The Labute approximate surface area is 268 Å². The minimum Gasteiger partial charge on any atom is -0.480 e. The first-order chi connectivity index (χ1) is 15.4. The van der Waals surface area contributed by atoms with Gasteiger partial charge in [-0.15, -0.1) is 0 Å². The number of carboxylic acid groups (broad SMARTS) is 1. The third-order valence-electron chi connectivity index (χ3n) is 4.78. The number of hydrogen-bond donors (Lipinski definition) is 9. The number of anilines is 1. The fourth-order valence-electron chi connectivity index (χ4n) is 3.18. The predicted octanol–water partition coefficient (Wildman–Crippen LogP) is -12.5. The Kier molecular flexibility index (Phi) is 15.6. The number of rotatable bonds is 10. The molecule has 0 spiro atoms. The summed E-state index contributed by atoms with van der Waals surface area (Å²) in [5.41, 5.74) is -1.19. The van der Waals surface area contributed by atoms with E-state index in [-0.39, 0.29) is 106 Å². The summed E-state index contributed by atoms with van der Waals surface area (Å²) in [4.78, 5) is 51.6. The number of aromatic nitrogens is 4. The number of aromatic amines is 1. The van der Waals surface area contributed by atoms with Crippen LogP contribution in [0.15, 0.2) is 11.1 Å². The van der Waals surface area contributed by atoms with Crippen LogP contribution in [0.5, 0.6) is 0 Å². The van der Waals surface area contributed by atoms with E-state index in [0.717, 1.165) is 10.9 Å². The molecule has 1 unspecified atom stereocenters. The minimum atomic E-state index is -4.87. The maximum atomic E-state index is 12.4. The first-order valence-corrected chi connectivity index (χ1v) is 10.9. The van der Waals surface area contributed by atoms with E-state index in [1.54, 1.807) is 0 Å². The second kappa shape index (κ2) is 15.4. The Balaban J connectivity index is 0.00000408. The molecule has 0 aliphatic carbocycles. The Morgan fingerprint density at radius 1 is 1.28 bits per heavy atom. The quantitative estimate of drug-likeness (QED) is 0.0958. The third-order valence-corrected chi connectivity index (χ3v) is 5.26. The minimum absolute atomic E-state index is 0. The molecule has 9 N–H and O–H groups in total. The van der Waals surface area contributed by atoms with E-state index in [9.17, 15) is 34.6 Å². The van der Waals surface area contributed by atoms with Gasteiger partial charge < -0.3 is 45.4 Å². The summed E-state index contributed by atoms with van der Waals surface area (Å²) in [7, 11) is -4.87. The molecule has 21 heteroatoms. The van der Waals surface area contributed by atoms with Crippen LogP contribution in [0.2, 0.25) is 0 Å². The summed E-state index contributed by atoms with van der Waals surface area (Å²) < 4.78 is 21.7. The van der Waals surface area contributed by atoms with E-state index in [0.29, 0.717) is 0 Å². The van der Waals surface area contributed by atoms with Crippen LogP contribution in [-0.2, 0) is 18.6 Å². The number of carboxylic acids is 1. The molecule has 3 heterocycles. The number of imidazole rings is 1. The van der Waals surface area contributed by atoms with Crippen molar-refractivity contribution in [3.63, 3.8) is 0 Å². The van der Waals surface area contributed by atoms with Gasteiger partial charge in [0.05, 0.1) is 25.6 Å². The van der Waals surface area contributed by atoms with Gasteiger partial charge in [-0.25, -0.2) is 14.3 Å². The van der Waals surface area contributed by atoms with Gasteiger partial charge >= 0.3 is 102 Å². The number of nitrogens with zero attached hydrogens (tertiary/aromatic N) is 3. The van der Waals surface area contributed by atoms with Gasteiger partial charge in [-0.1, -0.05) is 0 Å². The largest absolute Gasteiger partial charge is 1.00 e. The molecule has 36 heavy (non-hydrogen) atoms. The Morgan fingerprint density at radius 2 is 1.92 bits per heavy atom. The molecule has 1 fully saturated rings. The maximum Gasteiger partial charge on any atom is 1.00 e. The second-order valence-corrected chi connectivity index (χ2v) is 8.42. The molecule has 184 valence electrons. The first-order valence-electron chi connectivity index (χ1n) is 9.38. The van der Waals surface area contributed by atoms with Crippen molar-refractivity contribution in [1.82, 2.24) is 19.5 Å². The van der Waals surface area contributed by atoms with Crippen molar-refractivity contribution in [3.8, 4) is 0 Å². The first kappa shape index (κ1) is 36.5. The number of carbonyl (C=O) groups is 1. The number of fused-ring (bicyclic) bond motifs is 1. The molecule has 0 radical (unpaired) electrons. The van der Waals surface area contributed by atoms with Crippen LogP contribution >= 0.6 is 7.82 Å². The van der Waals surface area contributed by atoms with Crippen LogP contribution in [-0.4, -0.2) is 104 Å². The monoisotopic (exact) mass is 564 g/mol. The van der Waals surface area contributed by atoms with Gasteiger partial charge in [0.1, 0.15) is 24.4 Å². The van der Waals surface area contributed by atoms with Crippen LogP contribution in [0.3, 0.4) is 0 Å². The number of hydrogen-bond acceptors (Lipinski definition) is 12. The number of H-pyrrole nitrogens is 1. The number of phosphoric acid groups is 1. The smallest absolute Gasteiger partial charge is 0.480 e. The Bertz CT molecular complexity index is 1120. The van der Waals surface area contributed by atoms with E-state index < -0.39 is 75.7 Å². The van der Waals surface area contributed by atoms with Crippen molar-refractivity contribution in [1.29, 1.82) is 0 Å². The molecule has 1 saturated heterocycles. The zero-order valence-electron chi connectivity index (χ0n) is 19.6. The molecule has 0 aromatic carbocycles. The van der Waals surface area contributed by atoms with Gasteiger partial charge in [-0.2, -0.15) is 4.98 Å². The molecule has 2 aromatic heterocycles. The summed E-state index contributed by atoms with van der Waals surface area (Å²) in [6.07, 6.45) is -6.67. The number of aliphatic carboxylic acids is 1. The van der Waals surface area contributed by atoms with Crippen molar-refractivity contribution in [2.24, 2.45) is 0 Å². The van der Waals surface area contributed by atoms with Crippen molar-refractivity contribution in [3.05, 3.63) is 16.7 Å². The number of ether oxygens (including phenoxy) is 1. The zero-order valence-corrected chi connectivity index (χ0v) is 26.5. The van der Waals surface area contributed by atoms with Crippen molar-refractivity contribution in [2.75, 3.05) is 18.5 Å². The van der Waals surface area contributed by atoms with Gasteiger partial charge in [0.15, 0.2) is 17.4 Å². The van der Waals surface area contributed by atoms with Gasteiger partial charge in [0.2, 0.25) is 5.95 Å². The van der Waals surface area contributed by atoms with E-state index in [2.05, 4.69) is 24.8 Å². The summed E-state index contributed by atoms with van der Waals surface area (Å²) in [6.45, 7) is -1.44. The van der Waals surface area contributed by atoms with E-state index in [4.69, 9.17) is 19.6 Å². The molecule has 3 rings (SSSR count). The summed E-state index contributed by atoms with van der Waals surface area (Å²) in [5.74, 6) is -1.73. The predicted molar refractivity (Wildman–Crippen MR) is 105 cm³/mol. The SMILES string of the molecule is O=C(O)[C@H](CC(O)CO)Nc1nc2c(ncn2[C@@H]2O[C@H](COP(=O)(O)O)[C@@H](O)[C@H]2O)c(=O)[nH]1.[Na+].[Na+].[Na+]. The fraction of sp³-hybridized carbons (Fsp3) is 0.600. The molecule has 0 saturated carbocycles. The summed E-state index contributed by atoms with van der Waals surface area (Å²) in [6, 6.07) is -1.44. The topological polar surface area (TPSA) is 270 Å². The van der Waals surface area contributed by atoms with E-state index >= 15 is 0 Å². The molecule has 17 nitrogen and oxygen atoms in total. The van der Waals surface area contributed by atoms with Gasteiger partial charge in [-0.3, -0.25) is 18.9 Å². The molecule has 6 atom stereocenters. The third kappa shape index (κ3) is 9.04. The van der Waals surface area contributed by atoms with Crippen molar-refractivity contribution in [2.45, 2.75) is 43.1 Å². The standard InChI is InChI=1S/C15H22N5O12P.3Na/c21-2-5(22)1-6(14(26)27)17-15-18-11-8(12(25)19-15)16-4-20(11)13-10(24)9(23)7(32-13)3-31-33(28,29)30;;;/h4-7,9-10,13,21-24H,1-3H2,(H,26,27)(H2,28,29,30)(H2,17,18,19,25);;;/q;3*+1/t5?,6-,7+,9+,10+,13+;;;/m0.../s1. The fourth-order valence-corrected chi connectivity index (χ4v) is 3.52. The van der Waals surface area contributed by atoms with Gasteiger partial charge in [0, 0.05) is 6.42 Å². The Morgan fingerprint density at radius 3 is 2.47 bits per heavy atom. The van der Waals surface area contributed by atoms with Crippen LogP contribution in [0.25, 0.3) is 11.2 Å². The summed E-state index contributed by atoms with van der Waals surface area (Å²) >= 11 is 0. The van der Waals surface area contributed by atoms with Crippen molar-refractivity contribution < 1.29 is 143 Å². The Hall–Kier alpha value is 0.530. The molecule has 2 aromatic rings. The van der Waals surface area contributed by atoms with Gasteiger partial charge in [-0.05, 0) is 0 Å². The van der Waals surface area contributed by atoms with Crippen LogP contribution in [0, 0.1) is 0 Å². The average Bonchev–Trinajstić information content (AvgIpc) is 3.27. The van der Waals surface area contributed by atoms with Crippen molar-refractivity contribution >= 4 is 30.9 Å². The van der Waals surface area contributed by atoms with Crippen LogP contribution < -0.4 is 99.5 Å². The number of nitrogens with one attached hydrogen (secondary N) is 2.